The highest BCUT2D eigenvalue weighted by atomic mass is 16.8. The molecule has 3 saturated heterocycles. The Morgan fingerprint density at radius 2 is 0.700 bits per heavy atom. The van der Waals surface area contributed by atoms with Crippen LogP contribution in [0.4, 0.5) is 0 Å². The van der Waals surface area contributed by atoms with E-state index >= 15 is 0 Å². The molecule has 3 heterocycles. The van der Waals surface area contributed by atoms with Crippen molar-refractivity contribution in [2.24, 2.45) is 0 Å². The molecule has 12 N–H and O–H groups in total. The Kier molecular flexibility index (Phi) is 49.0. The quantitative estimate of drug-likeness (QED) is 0.0199. The summed E-state index contributed by atoms with van der Waals surface area (Å²) in [7, 11) is 0. The molecular weight excluding hydrogens is 1150 g/mol. The molecule has 19 nitrogen and oxygen atoms in total. The average Bonchev–Trinajstić information content (AvgIpc) is 1.16. The number of hydrogen-bond acceptors (Lipinski definition) is 18. The summed E-state index contributed by atoms with van der Waals surface area (Å²) in [6, 6.07) is -0.976. The fourth-order valence-electron chi connectivity index (χ4n) is 12.5. The Hall–Kier alpha value is -1.73. The number of aliphatic hydroxyl groups excluding tert-OH is 11. The van der Waals surface area contributed by atoms with Crippen LogP contribution in [0, 0.1) is 0 Å². The van der Waals surface area contributed by atoms with Crippen molar-refractivity contribution in [2.75, 3.05) is 26.4 Å². The molecule has 0 aliphatic carbocycles. The Morgan fingerprint density at radius 1 is 0.389 bits per heavy atom. The second kappa shape index (κ2) is 53.4. The molecule has 530 valence electrons. The summed E-state index contributed by atoms with van der Waals surface area (Å²) in [5, 5.41) is 121. The number of aliphatic hydroxyl groups is 11. The van der Waals surface area contributed by atoms with E-state index in [0.29, 0.717) is 6.42 Å². The molecule has 0 aromatic heterocycles. The van der Waals surface area contributed by atoms with Crippen LogP contribution in [0.5, 0.6) is 0 Å². The van der Waals surface area contributed by atoms with Crippen molar-refractivity contribution in [1.29, 1.82) is 0 Å². The Morgan fingerprint density at radius 3 is 1.08 bits per heavy atom. The second-order valence-electron chi connectivity index (χ2n) is 26.4. The minimum atomic E-state index is -1.98. The first kappa shape index (κ1) is 82.5. The van der Waals surface area contributed by atoms with Gasteiger partial charge in [-0.25, -0.2) is 0 Å². The van der Waals surface area contributed by atoms with Crippen LogP contribution < -0.4 is 5.32 Å². The lowest BCUT2D eigenvalue weighted by Gasteiger charge is -2.48. The third kappa shape index (κ3) is 34.8. The first-order chi connectivity index (χ1) is 43.8. The van der Waals surface area contributed by atoms with Crippen molar-refractivity contribution in [3.63, 3.8) is 0 Å². The van der Waals surface area contributed by atoms with E-state index in [9.17, 15) is 61.0 Å². The van der Waals surface area contributed by atoms with Crippen molar-refractivity contribution in [2.45, 2.75) is 394 Å². The molecule has 0 saturated carbocycles. The lowest BCUT2D eigenvalue weighted by atomic mass is 9.96. The van der Waals surface area contributed by atoms with Crippen LogP contribution in [-0.2, 0) is 33.2 Å². The van der Waals surface area contributed by atoms with Crippen LogP contribution in [0.25, 0.3) is 0 Å². The normalized spacial score (nSPS) is 28.1. The van der Waals surface area contributed by atoms with Gasteiger partial charge >= 0.3 is 0 Å². The van der Waals surface area contributed by atoms with Crippen molar-refractivity contribution in [3.05, 3.63) is 24.3 Å². The van der Waals surface area contributed by atoms with E-state index in [1.165, 1.54) is 199 Å². The van der Waals surface area contributed by atoms with Crippen LogP contribution in [0.15, 0.2) is 24.3 Å². The van der Waals surface area contributed by atoms with E-state index in [4.69, 9.17) is 28.4 Å². The Balaban J connectivity index is 1.40. The standard InChI is InChI=1S/C71H133NO18/c1-3-5-7-9-11-13-15-17-19-21-22-23-24-25-26-27-28-29-30-31-32-33-34-36-38-40-42-44-46-48-55(76)54(72-59(77)49-47-45-43-41-39-37-35-20-18-16-14-12-10-8-6-4-2)53-85-69-65(83)62(80)67(57(51-74)87-69)90-71-66(84)63(81)68(58(52-75)88-71)89-70-64(82)61(79)60(78)56(50-73)86-70/h20,35,46,48,54-58,60-71,73-76,78-84H,3-19,21-34,36-45,47,49-53H2,1-2H3,(H,72,77)/b35-20-,48-46+. The van der Waals surface area contributed by atoms with Crippen molar-refractivity contribution < 1.29 is 89.4 Å². The second-order valence-corrected chi connectivity index (χ2v) is 26.4. The molecule has 3 aliphatic heterocycles. The number of allylic oxidation sites excluding steroid dienone is 3. The Labute approximate surface area is 543 Å². The van der Waals surface area contributed by atoms with Crippen LogP contribution >= 0.6 is 0 Å². The molecule has 0 radical (unpaired) electrons. The summed E-state index contributed by atoms with van der Waals surface area (Å²) in [6.07, 6.45) is 34.5. The fourth-order valence-corrected chi connectivity index (χ4v) is 12.5. The highest BCUT2D eigenvalue weighted by Gasteiger charge is 2.53. The number of unbranched alkanes of at least 4 members (excludes halogenated alkanes) is 39. The highest BCUT2D eigenvalue weighted by molar-refractivity contribution is 5.76. The molecule has 17 unspecified atom stereocenters. The van der Waals surface area contributed by atoms with E-state index in [1.807, 2.05) is 6.08 Å². The SMILES string of the molecule is CCCCCCCCC/C=C\CCCCCCCC(=O)NC(COC1OC(CO)C(OC2OC(CO)C(OC3OC(CO)C(O)C(O)C3O)C(O)C2O)C(O)C1O)C(O)/C=C/CCCCCCCCCCCCCCCCCCCCCCCCCCCCC. The van der Waals surface area contributed by atoms with Gasteiger partial charge in [0, 0.05) is 6.42 Å². The van der Waals surface area contributed by atoms with Gasteiger partial charge in [-0.3, -0.25) is 4.79 Å². The maximum atomic E-state index is 13.4. The minimum absolute atomic E-state index is 0.235. The lowest BCUT2D eigenvalue weighted by Crippen LogP contribution is -2.66. The number of hydrogen-bond donors (Lipinski definition) is 12. The molecule has 0 aromatic carbocycles. The molecule has 19 heteroatoms. The molecule has 3 rings (SSSR count). The zero-order valence-corrected chi connectivity index (χ0v) is 56.1. The molecule has 1 amide bonds. The minimum Gasteiger partial charge on any atom is -0.394 e. The topological polar surface area (TPSA) is 307 Å². The summed E-state index contributed by atoms with van der Waals surface area (Å²) >= 11 is 0. The average molecular weight is 1290 g/mol. The van der Waals surface area contributed by atoms with Gasteiger partial charge in [0.25, 0.3) is 0 Å². The zero-order valence-electron chi connectivity index (χ0n) is 56.1. The van der Waals surface area contributed by atoms with Crippen LogP contribution in [0.2, 0.25) is 0 Å². The van der Waals surface area contributed by atoms with E-state index in [2.05, 4.69) is 31.3 Å². The first-order valence-electron chi connectivity index (χ1n) is 36.6. The molecule has 0 bridgehead atoms. The number of amides is 1. The van der Waals surface area contributed by atoms with Gasteiger partial charge in [0.2, 0.25) is 5.91 Å². The van der Waals surface area contributed by atoms with Gasteiger partial charge in [-0.2, -0.15) is 0 Å². The van der Waals surface area contributed by atoms with E-state index in [1.54, 1.807) is 6.08 Å². The fraction of sp³-hybridized carbons (Fsp3) is 0.930. The lowest BCUT2D eigenvalue weighted by molar-refractivity contribution is -0.379. The first-order valence-corrected chi connectivity index (χ1v) is 36.6. The smallest absolute Gasteiger partial charge is 0.220 e. The zero-order chi connectivity index (χ0) is 65.4. The predicted molar refractivity (Wildman–Crippen MR) is 351 cm³/mol. The van der Waals surface area contributed by atoms with E-state index in [-0.39, 0.29) is 18.9 Å². The van der Waals surface area contributed by atoms with Crippen LogP contribution in [-0.4, -0.2) is 193 Å². The number of ether oxygens (including phenoxy) is 6. The van der Waals surface area contributed by atoms with E-state index in [0.717, 1.165) is 64.2 Å². The summed E-state index contributed by atoms with van der Waals surface area (Å²) in [6.45, 7) is 1.76. The third-order valence-corrected chi connectivity index (χ3v) is 18.5. The van der Waals surface area contributed by atoms with Gasteiger partial charge in [-0.15, -0.1) is 0 Å². The third-order valence-electron chi connectivity index (χ3n) is 18.5. The highest BCUT2D eigenvalue weighted by Crippen LogP contribution is 2.33. The molecule has 0 aromatic rings. The number of carbonyl (C=O) groups is 1. The van der Waals surface area contributed by atoms with Gasteiger partial charge in [-0.05, 0) is 44.9 Å². The van der Waals surface area contributed by atoms with E-state index < -0.39 is 124 Å². The summed E-state index contributed by atoms with van der Waals surface area (Å²) in [4.78, 5) is 13.4. The van der Waals surface area contributed by atoms with Crippen LogP contribution in [0.1, 0.15) is 290 Å². The molecule has 3 fully saturated rings. The van der Waals surface area contributed by atoms with Gasteiger partial charge in [0.05, 0.1) is 38.6 Å². The van der Waals surface area contributed by atoms with Gasteiger partial charge in [0.1, 0.15) is 73.2 Å². The predicted octanol–water partition coefficient (Wildman–Crippen LogP) is 10.2. The monoisotopic (exact) mass is 1290 g/mol. The number of carbonyl (C=O) groups excluding carboxylic acids is 1. The number of rotatable bonds is 57. The van der Waals surface area contributed by atoms with Crippen molar-refractivity contribution in [1.82, 2.24) is 5.32 Å². The molecule has 90 heavy (non-hydrogen) atoms. The van der Waals surface area contributed by atoms with Gasteiger partial charge < -0.3 is 89.9 Å². The Bertz CT molecular complexity index is 1730. The van der Waals surface area contributed by atoms with Crippen LogP contribution in [0.3, 0.4) is 0 Å². The maximum absolute atomic E-state index is 13.4. The molecule has 17 atom stereocenters. The van der Waals surface area contributed by atoms with Gasteiger partial charge in [0.15, 0.2) is 18.9 Å². The van der Waals surface area contributed by atoms with Crippen molar-refractivity contribution >= 4 is 5.91 Å². The maximum Gasteiger partial charge on any atom is 0.220 e. The summed E-state index contributed by atoms with van der Waals surface area (Å²) in [5.41, 5.74) is 0. The van der Waals surface area contributed by atoms with Gasteiger partial charge in [-0.1, -0.05) is 263 Å². The summed E-state index contributed by atoms with van der Waals surface area (Å²) < 4.78 is 34.4. The largest absolute Gasteiger partial charge is 0.394 e. The molecule has 0 spiro atoms. The summed E-state index contributed by atoms with van der Waals surface area (Å²) in [5.74, 6) is -0.281. The number of nitrogens with one attached hydrogen (secondary N) is 1. The molecular formula is C71H133NO18. The van der Waals surface area contributed by atoms with Crippen molar-refractivity contribution in [3.8, 4) is 0 Å². The molecule has 3 aliphatic rings.